The van der Waals surface area contributed by atoms with E-state index < -0.39 is 12.1 Å². The van der Waals surface area contributed by atoms with E-state index in [1.54, 1.807) is 6.08 Å². The normalized spacial score (nSPS) is 12.9. The Hall–Kier alpha value is -4.19. The van der Waals surface area contributed by atoms with Crippen LogP contribution in [0.5, 0.6) is 0 Å². The van der Waals surface area contributed by atoms with Crippen molar-refractivity contribution in [3.63, 3.8) is 0 Å². The highest BCUT2D eigenvalue weighted by atomic mass is 16.6. The lowest BCUT2D eigenvalue weighted by atomic mass is 10.0. The molecule has 0 rings (SSSR count). The zero-order valence-electron chi connectivity index (χ0n) is 53.7. The molecule has 0 fully saturated rings. The molecule has 0 aromatic carbocycles. The Bertz CT molecular complexity index is 1690. The molecule has 0 aromatic rings. The first-order valence-electron chi connectivity index (χ1n) is 34.5. The van der Waals surface area contributed by atoms with Crippen LogP contribution in [0, 0.1) is 0 Å². The molecular formula is C76H128O6. The number of rotatable bonds is 62. The number of carbonyl (C=O) groups is 3. The number of ether oxygens (including phenoxy) is 3. The van der Waals surface area contributed by atoms with Crippen molar-refractivity contribution >= 4 is 17.9 Å². The average molecular weight is 1140 g/mol. The Labute approximate surface area is 507 Å². The summed E-state index contributed by atoms with van der Waals surface area (Å²) in [6, 6.07) is 0. The third-order valence-electron chi connectivity index (χ3n) is 14.7. The Morgan fingerprint density at radius 3 is 0.805 bits per heavy atom. The molecule has 6 heteroatoms. The molecule has 0 aromatic heterocycles. The first kappa shape index (κ1) is 77.8. The van der Waals surface area contributed by atoms with Gasteiger partial charge in [-0.2, -0.15) is 0 Å². The molecule has 0 heterocycles. The number of unbranched alkanes of at least 4 members (excludes halogenated alkanes) is 32. The molecule has 0 N–H and O–H groups in total. The number of carbonyl (C=O) groups excluding carboxylic acids is 3. The molecule has 6 nitrogen and oxygen atoms in total. The van der Waals surface area contributed by atoms with Gasteiger partial charge in [-0.25, -0.2) is 0 Å². The Morgan fingerprint density at radius 1 is 0.268 bits per heavy atom. The lowest BCUT2D eigenvalue weighted by Crippen LogP contribution is -2.30. The molecule has 468 valence electrons. The molecule has 0 aliphatic rings. The second-order valence-electron chi connectivity index (χ2n) is 22.7. The van der Waals surface area contributed by atoms with Gasteiger partial charge in [0.05, 0.1) is 6.42 Å². The van der Waals surface area contributed by atoms with Gasteiger partial charge in [-0.15, -0.1) is 0 Å². The molecule has 0 amide bonds. The summed E-state index contributed by atoms with van der Waals surface area (Å²) in [7, 11) is 0. The minimum absolute atomic E-state index is 0.0977. The van der Waals surface area contributed by atoms with Crippen molar-refractivity contribution in [2.24, 2.45) is 0 Å². The quantitative estimate of drug-likeness (QED) is 0.0261. The van der Waals surface area contributed by atoms with Gasteiger partial charge in [0.25, 0.3) is 0 Å². The fraction of sp³-hybridized carbons (Fsp3) is 0.697. The molecule has 0 radical (unpaired) electrons. The lowest BCUT2D eigenvalue weighted by molar-refractivity contribution is -0.166. The summed E-state index contributed by atoms with van der Waals surface area (Å²) in [5.74, 6) is -1.03. The van der Waals surface area contributed by atoms with E-state index in [2.05, 4.69) is 130 Å². The van der Waals surface area contributed by atoms with Gasteiger partial charge in [-0.05, 0) is 89.9 Å². The van der Waals surface area contributed by atoms with Crippen molar-refractivity contribution in [3.8, 4) is 0 Å². The summed E-state index contributed by atoms with van der Waals surface area (Å²) in [6.45, 7) is 6.36. The highest BCUT2D eigenvalue weighted by Crippen LogP contribution is 2.17. The Morgan fingerprint density at radius 2 is 0.512 bits per heavy atom. The van der Waals surface area contributed by atoms with Crippen LogP contribution < -0.4 is 0 Å². The molecular weight excluding hydrogens is 1010 g/mol. The second-order valence-corrected chi connectivity index (χ2v) is 22.7. The average Bonchev–Trinajstić information content (AvgIpc) is 3.48. The smallest absolute Gasteiger partial charge is 0.310 e. The summed E-state index contributed by atoms with van der Waals surface area (Å²) >= 11 is 0. The summed E-state index contributed by atoms with van der Waals surface area (Å²) in [6.07, 6.45) is 96.9. The minimum Gasteiger partial charge on any atom is -0.462 e. The van der Waals surface area contributed by atoms with E-state index in [9.17, 15) is 14.4 Å². The standard InChI is InChI=1S/C76H128O6/c1-4-7-10-13-16-19-22-25-28-29-30-31-32-33-34-35-36-37-38-39-40-41-42-43-44-45-46-47-49-51-54-57-60-63-66-69-75(78)81-72-73(71-80-74(77)68-65-62-59-56-53-50-27-24-21-18-15-12-9-6-3)82-76(79)70-67-64-61-58-55-52-48-26-23-20-17-14-11-8-5-2/h7-8,10-11,16-17,19-20,25-26,28,30-31,33-34,48,55,58,64,67,73H,4-6,9,12-15,18,21-24,27,29,32,35-47,49-54,56-57,59-63,65-66,68-72H2,1-3H3/b10-7-,11-8-,19-16-,20-17-,28-25-,31-30-,34-33-,48-26-,58-55-,67-64-. The molecule has 0 spiro atoms. The monoisotopic (exact) mass is 1140 g/mol. The highest BCUT2D eigenvalue weighted by molar-refractivity contribution is 5.72. The van der Waals surface area contributed by atoms with E-state index in [0.717, 1.165) is 103 Å². The van der Waals surface area contributed by atoms with Gasteiger partial charge in [0.1, 0.15) is 13.2 Å². The fourth-order valence-electron chi connectivity index (χ4n) is 9.67. The van der Waals surface area contributed by atoms with Crippen molar-refractivity contribution < 1.29 is 28.6 Å². The fourth-order valence-corrected chi connectivity index (χ4v) is 9.67. The van der Waals surface area contributed by atoms with E-state index in [-0.39, 0.29) is 31.6 Å². The maximum atomic E-state index is 12.8. The van der Waals surface area contributed by atoms with E-state index in [1.807, 2.05) is 6.08 Å². The number of hydrogen-bond donors (Lipinski definition) is 0. The van der Waals surface area contributed by atoms with Crippen molar-refractivity contribution in [2.45, 2.75) is 329 Å². The third-order valence-corrected chi connectivity index (χ3v) is 14.7. The predicted octanol–water partition coefficient (Wildman–Crippen LogP) is 23.9. The summed E-state index contributed by atoms with van der Waals surface area (Å²) in [4.78, 5) is 38.2. The van der Waals surface area contributed by atoms with Crippen LogP contribution in [0.25, 0.3) is 0 Å². The van der Waals surface area contributed by atoms with Crippen molar-refractivity contribution in [1.82, 2.24) is 0 Å². The zero-order valence-corrected chi connectivity index (χ0v) is 53.7. The van der Waals surface area contributed by atoms with Crippen LogP contribution in [0.3, 0.4) is 0 Å². The molecule has 1 unspecified atom stereocenters. The van der Waals surface area contributed by atoms with E-state index >= 15 is 0 Å². The molecule has 0 saturated carbocycles. The van der Waals surface area contributed by atoms with Gasteiger partial charge in [-0.1, -0.05) is 335 Å². The van der Waals surface area contributed by atoms with E-state index in [4.69, 9.17) is 14.2 Å². The van der Waals surface area contributed by atoms with Crippen molar-refractivity contribution in [2.75, 3.05) is 13.2 Å². The molecule has 1 atom stereocenters. The summed E-state index contributed by atoms with van der Waals surface area (Å²) in [5.41, 5.74) is 0. The van der Waals surface area contributed by atoms with E-state index in [1.165, 1.54) is 180 Å². The van der Waals surface area contributed by atoms with Gasteiger partial charge in [0.15, 0.2) is 6.10 Å². The molecule has 0 aliphatic carbocycles. The minimum atomic E-state index is -0.831. The van der Waals surface area contributed by atoms with Crippen LogP contribution >= 0.6 is 0 Å². The van der Waals surface area contributed by atoms with E-state index in [0.29, 0.717) is 12.8 Å². The van der Waals surface area contributed by atoms with Crippen LogP contribution in [0.2, 0.25) is 0 Å². The predicted molar refractivity (Wildman–Crippen MR) is 357 cm³/mol. The first-order valence-corrected chi connectivity index (χ1v) is 34.5. The van der Waals surface area contributed by atoms with Crippen LogP contribution in [0.4, 0.5) is 0 Å². The zero-order chi connectivity index (χ0) is 59.2. The van der Waals surface area contributed by atoms with Gasteiger partial charge < -0.3 is 14.2 Å². The van der Waals surface area contributed by atoms with Gasteiger partial charge in [-0.3, -0.25) is 14.4 Å². The molecule has 82 heavy (non-hydrogen) atoms. The Balaban J connectivity index is 4.18. The molecule has 0 saturated heterocycles. The second kappa shape index (κ2) is 69.3. The number of esters is 3. The topological polar surface area (TPSA) is 78.9 Å². The maximum Gasteiger partial charge on any atom is 0.310 e. The molecule has 0 bridgehead atoms. The van der Waals surface area contributed by atoms with Crippen LogP contribution in [-0.2, 0) is 28.6 Å². The lowest BCUT2D eigenvalue weighted by Gasteiger charge is -2.18. The van der Waals surface area contributed by atoms with Crippen molar-refractivity contribution in [3.05, 3.63) is 122 Å². The summed E-state index contributed by atoms with van der Waals surface area (Å²) in [5, 5.41) is 0. The van der Waals surface area contributed by atoms with Gasteiger partial charge in [0, 0.05) is 12.8 Å². The van der Waals surface area contributed by atoms with Gasteiger partial charge >= 0.3 is 17.9 Å². The highest BCUT2D eigenvalue weighted by Gasteiger charge is 2.19. The summed E-state index contributed by atoms with van der Waals surface area (Å²) < 4.78 is 16.8. The SMILES string of the molecule is CC/C=C\C/C=C\C/C=C\C/C=C\C/C=C\CCCCCCCCCCCCCCCCCCCCCC(=O)OCC(COC(=O)CCCCCCCCCCCCCCCC)OC(=O)C/C=C\C/C=C\C/C=C\C/C=C\C/C=C\CC. The first-order chi connectivity index (χ1) is 40.5. The number of allylic oxidation sites excluding steroid dienone is 19. The van der Waals surface area contributed by atoms with Crippen LogP contribution in [-0.4, -0.2) is 37.2 Å². The maximum absolute atomic E-state index is 12.8. The van der Waals surface area contributed by atoms with Crippen LogP contribution in [0.15, 0.2) is 122 Å². The third kappa shape index (κ3) is 66.6. The number of hydrogen-bond acceptors (Lipinski definition) is 6. The molecule has 0 aliphatic heterocycles. The Kier molecular flexibility index (Phi) is 65.8. The largest absolute Gasteiger partial charge is 0.462 e. The van der Waals surface area contributed by atoms with Gasteiger partial charge in [0.2, 0.25) is 0 Å². The van der Waals surface area contributed by atoms with Crippen molar-refractivity contribution in [1.29, 1.82) is 0 Å². The van der Waals surface area contributed by atoms with Crippen LogP contribution in [0.1, 0.15) is 323 Å².